The molecule has 0 saturated heterocycles. The molecule has 3 aromatic rings. The molecule has 7 heteroatoms. The topological polar surface area (TPSA) is 72.0 Å². The highest BCUT2D eigenvalue weighted by atomic mass is 19.1. The van der Waals surface area contributed by atoms with Crippen molar-refractivity contribution in [2.24, 2.45) is 0 Å². The molecule has 0 atom stereocenters. The Morgan fingerprint density at radius 1 is 1.07 bits per heavy atom. The van der Waals surface area contributed by atoms with E-state index in [0.717, 1.165) is 23.4 Å². The fraction of sp³-hybridized carbons (Fsp3) is 0.250. The van der Waals surface area contributed by atoms with Crippen LogP contribution in [0, 0.1) is 5.82 Å². The normalized spacial score (nSPS) is 10.7. The highest BCUT2D eigenvalue weighted by Crippen LogP contribution is 2.27. The van der Waals surface area contributed by atoms with Crippen molar-refractivity contribution < 1.29 is 9.13 Å². The Morgan fingerprint density at radius 2 is 1.85 bits per heavy atom. The Hall–Kier alpha value is -3.22. The molecule has 0 fully saturated rings. The number of halogens is 1. The van der Waals surface area contributed by atoms with E-state index in [0.29, 0.717) is 18.3 Å². The van der Waals surface area contributed by atoms with Crippen LogP contribution in [0.2, 0.25) is 0 Å². The molecule has 0 aliphatic rings. The summed E-state index contributed by atoms with van der Waals surface area (Å²) < 4.78 is 18.7. The molecule has 6 nitrogen and oxygen atoms in total. The zero-order chi connectivity index (χ0) is 19.1. The van der Waals surface area contributed by atoms with Gasteiger partial charge in [0.25, 0.3) is 0 Å². The van der Waals surface area contributed by atoms with Gasteiger partial charge in [0.2, 0.25) is 5.95 Å². The fourth-order valence-corrected chi connectivity index (χ4v) is 2.47. The van der Waals surface area contributed by atoms with Crippen molar-refractivity contribution in [3.8, 4) is 5.75 Å². The van der Waals surface area contributed by atoms with Gasteiger partial charge in [0.05, 0.1) is 18.0 Å². The number of rotatable bonds is 8. The summed E-state index contributed by atoms with van der Waals surface area (Å²) in [6.45, 7) is 4.57. The first-order valence-electron chi connectivity index (χ1n) is 8.81. The summed E-state index contributed by atoms with van der Waals surface area (Å²) >= 11 is 0. The number of benzene rings is 2. The molecule has 0 amide bonds. The van der Waals surface area contributed by atoms with Gasteiger partial charge in [-0.05, 0) is 50.1 Å². The van der Waals surface area contributed by atoms with E-state index in [9.17, 15) is 4.39 Å². The lowest BCUT2D eigenvalue weighted by Gasteiger charge is -2.15. The number of para-hydroxylation sites is 2. The minimum atomic E-state index is -0.236. The summed E-state index contributed by atoms with van der Waals surface area (Å²) in [4.78, 5) is 4.42. The van der Waals surface area contributed by atoms with E-state index in [1.54, 1.807) is 18.3 Å². The van der Waals surface area contributed by atoms with Gasteiger partial charge in [0.1, 0.15) is 11.6 Å². The van der Waals surface area contributed by atoms with E-state index in [1.807, 2.05) is 38.1 Å². The first-order chi connectivity index (χ1) is 13.1. The highest BCUT2D eigenvalue weighted by Gasteiger charge is 2.07. The number of aromatic nitrogens is 3. The van der Waals surface area contributed by atoms with Crippen LogP contribution in [-0.2, 0) is 6.42 Å². The molecular weight excluding hydrogens is 345 g/mol. The average Bonchev–Trinajstić information content (AvgIpc) is 2.65. The van der Waals surface area contributed by atoms with Gasteiger partial charge in [0.15, 0.2) is 5.82 Å². The molecule has 2 N–H and O–H groups in total. The lowest BCUT2D eigenvalue weighted by molar-refractivity contribution is 0.244. The highest BCUT2D eigenvalue weighted by molar-refractivity contribution is 5.64. The van der Waals surface area contributed by atoms with Gasteiger partial charge in [0, 0.05) is 6.54 Å². The molecule has 1 heterocycles. The molecule has 27 heavy (non-hydrogen) atoms. The summed E-state index contributed by atoms with van der Waals surface area (Å²) in [5.41, 5.74) is 1.84. The molecule has 0 spiro atoms. The molecule has 0 aliphatic heterocycles. The number of ether oxygens (including phenoxy) is 1. The summed E-state index contributed by atoms with van der Waals surface area (Å²) in [6.07, 6.45) is 2.35. The first-order valence-corrected chi connectivity index (χ1v) is 8.81. The van der Waals surface area contributed by atoms with Gasteiger partial charge in [-0.3, -0.25) is 0 Å². The van der Waals surface area contributed by atoms with Crippen LogP contribution in [-0.4, -0.2) is 27.8 Å². The summed E-state index contributed by atoms with van der Waals surface area (Å²) in [7, 11) is 0. The van der Waals surface area contributed by atoms with Gasteiger partial charge in [-0.25, -0.2) is 4.39 Å². The van der Waals surface area contributed by atoms with Crippen LogP contribution in [0.4, 0.5) is 21.8 Å². The van der Waals surface area contributed by atoms with Crippen molar-refractivity contribution in [2.75, 3.05) is 17.2 Å². The predicted molar refractivity (Wildman–Crippen MR) is 104 cm³/mol. The Kier molecular flexibility index (Phi) is 6.14. The van der Waals surface area contributed by atoms with Crippen LogP contribution in [0.5, 0.6) is 5.75 Å². The van der Waals surface area contributed by atoms with E-state index < -0.39 is 0 Å². The van der Waals surface area contributed by atoms with E-state index in [1.165, 1.54) is 12.1 Å². The van der Waals surface area contributed by atoms with Crippen LogP contribution >= 0.6 is 0 Å². The molecule has 0 saturated carbocycles. The molecule has 0 bridgehead atoms. The Morgan fingerprint density at radius 3 is 2.63 bits per heavy atom. The number of hydrogen-bond acceptors (Lipinski definition) is 6. The SMILES string of the molecule is CC(C)Oc1ccccc1Nc1cnnc(NCCc2ccc(F)cc2)n1. The van der Waals surface area contributed by atoms with E-state index in [-0.39, 0.29) is 11.9 Å². The fourth-order valence-electron chi connectivity index (χ4n) is 2.47. The largest absolute Gasteiger partial charge is 0.489 e. The van der Waals surface area contributed by atoms with Crippen LogP contribution in [0.25, 0.3) is 0 Å². The summed E-state index contributed by atoms with van der Waals surface area (Å²) in [6, 6.07) is 14.1. The van der Waals surface area contributed by atoms with Gasteiger partial charge in [-0.1, -0.05) is 24.3 Å². The number of nitrogens with zero attached hydrogens (tertiary/aromatic N) is 3. The number of anilines is 3. The Balaban J connectivity index is 1.61. The maximum absolute atomic E-state index is 12.9. The Labute approximate surface area is 157 Å². The molecule has 0 radical (unpaired) electrons. The van der Waals surface area contributed by atoms with Crippen LogP contribution < -0.4 is 15.4 Å². The lowest BCUT2D eigenvalue weighted by atomic mass is 10.1. The second kappa shape index (κ2) is 8.93. The average molecular weight is 367 g/mol. The van der Waals surface area contributed by atoms with Gasteiger partial charge in [-0.2, -0.15) is 10.1 Å². The maximum atomic E-state index is 12.9. The van der Waals surface area contributed by atoms with Gasteiger partial charge < -0.3 is 15.4 Å². The minimum absolute atomic E-state index is 0.0696. The summed E-state index contributed by atoms with van der Waals surface area (Å²) in [5.74, 6) is 1.50. The van der Waals surface area contributed by atoms with Crippen molar-refractivity contribution in [2.45, 2.75) is 26.4 Å². The number of hydrogen-bond donors (Lipinski definition) is 2. The van der Waals surface area contributed by atoms with Crippen LogP contribution in [0.1, 0.15) is 19.4 Å². The van der Waals surface area contributed by atoms with E-state index >= 15 is 0 Å². The van der Waals surface area contributed by atoms with Gasteiger partial charge >= 0.3 is 0 Å². The molecule has 1 aromatic heterocycles. The molecular formula is C20H22FN5O. The smallest absolute Gasteiger partial charge is 0.244 e. The third-order valence-electron chi connectivity index (χ3n) is 3.68. The minimum Gasteiger partial charge on any atom is -0.489 e. The third-order valence-corrected chi connectivity index (χ3v) is 3.68. The predicted octanol–water partition coefficient (Wildman–Crippen LogP) is 4.20. The second-order valence-corrected chi connectivity index (χ2v) is 6.26. The second-order valence-electron chi connectivity index (χ2n) is 6.26. The number of nitrogens with one attached hydrogen (secondary N) is 2. The quantitative estimate of drug-likeness (QED) is 0.622. The van der Waals surface area contributed by atoms with Crippen molar-refractivity contribution in [3.05, 3.63) is 66.1 Å². The molecule has 0 unspecified atom stereocenters. The van der Waals surface area contributed by atoms with Crippen molar-refractivity contribution in [1.82, 2.24) is 15.2 Å². The standard InChI is InChI=1S/C20H22FN5O/c1-14(2)27-18-6-4-3-5-17(18)24-19-13-23-26-20(25-19)22-12-11-15-7-9-16(21)10-8-15/h3-10,13-14H,11-12H2,1-2H3,(H2,22,24,25,26). The van der Waals surface area contributed by atoms with Crippen molar-refractivity contribution in [1.29, 1.82) is 0 Å². The zero-order valence-corrected chi connectivity index (χ0v) is 15.3. The summed E-state index contributed by atoms with van der Waals surface area (Å²) in [5, 5.41) is 14.3. The van der Waals surface area contributed by atoms with Gasteiger partial charge in [-0.15, -0.1) is 5.10 Å². The Bertz CT molecular complexity index is 870. The molecule has 3 rings (SSSR count). The van der Waals surface area contributed by atoms with Crippen molar-refractivity contribution in [3.63, 3.8) is 0 Å². The van der Waals surface area contributed by atoms with Crippen molar-refractivity contribution >= 4 is 17.5 Å². The molecule has 0 aliphatic carbocycles. The maximum Gasteiger partial charge on any atom is 0.244 e. The van der Waals surface area contributed by atoms with Crippen LogP contribution in [0.3, 0.4) is 0 Å². The third kappa shape index (κ3) is 5.64. The first kappa shape index (κ1) is 18.6. The van der Waals surface area contributed by atoms with E-state index in [4.69, 9.17) is 4.74 Å². The zero-order valence-electron chi connectivity index (χ0n) is 15.3. The van der Waals surface area contributed by atoms with Crippen LogP contribution in [0.15, 0.2) is 54.7 Å². The molecule has 2 aromatic carbocycles. The van der Waals surface area contributed by atoms with E-state index in [2.05, 4.69) is 25.8 Å². The monoisotopic (exact) mass is 367 g/mol. The lowest BCUT2D eigenvalue weighted by Crippen LogP contribution is -2.10. The molecule has 140 valence electrons.